The van der Waals surface area contributed by atoms with Crippen LogP contribution in [0.4, 0.5) is 0 Å². The van der Waals surface area contributed by atoms with E-state index >= 15 is 0 Å². The average molecular weight is 250 g/mol. The van der Waals surface area contributed by atoms with E-state index in [2.05, 4.69) is 35.4 Å². The molecular weight excluding hydrogens is 224 g/mol. The van der Waals surface area contributed by atoms with Crippen molar-refractivity contribution in [3.8, 4) is 0 Å². The molecule has 102 valence electrons. The van der Waals surface area contributed by atoms with Crippen LogP contribution in [0.2, 0.25) is 0 Å². The molecule has 4 heteroatoms. The maximum absolute atomic E-state index is 4.35. The Morgan fingerprint density at radius 1 is 1.39 bits per heavy atom. The molecule has 1 aliphatic rings. The lowest BCUT2D eigenvalue weighted by Gasteiger charge is -2.30. The van der Waals surface area contributed by atoms with Gasteiger partial charge in [0.1, 0.15) is 0 Å². The summed E-state index contributed by atoms with van der Waals surface area (Å²) in [6.07, 6.45) is 4.83. The maximum Gasteiger partial charge on any atom is 0.0638 e. The van der Waals surface area contributed by atoms with Gasteiger partial charge in [0.2, 0.25) is 0 Å². The van der Waals surface area contributed by atoms with Crippen LogP contribution in [-0.4, -0.2) is 40.9 Å². The largest absolute Gasteiger partial charge is 0.311 e. The lowest BCUT2D eigenvalue weighted by molar-refractivity contribution is 0.193. The highest BCUT2D eigenvalue weighted by atomic mass is 15.3. The first kappa shape index (κ1) is 13.6. The lowest BCUT2D eigenvalue weighted by atomic mass is 9.99. The zero-order valence-electron chi connectivity index (χ0n) is 11.9. The van der Waals surface area contributed by atoms with Crippen molar-refractivity contribution in [2.75, 3.05) is 26.2 Å². The van der Waals surface area contributed by atoms with Crippen LogP contribution < -0.4 is 5.32 Å². The van der Waals surface area contributed by atoms with Gasteiger partial charge in [0.05, 0.1) is 5.69 Å². The monoisotopic (exact) mass is 250 g/mol. The second-order valence-electron chi connectivity index (χ2n) is 5.61. The Morgan fingerprint density at radius 2 is 2.11 bits per heavy atom. The van der Waals surface area contributed by atoms with Crippen LogP contribution in [0.25, 0.3) is 0 Å². The standard InChI is InChI=1S/C14H26N4/c1-12-4-7-18(8-5-12)9-6-15-10-14-11-17(3)16-13(14)2/h11-12,15H,4-10H2,1-3H3. The molecule has 2 heterocycles. The summed E-state index contributed by atoms with van der Waals surface area (Å²) in [6.45, 7) is 10.2. The second-order valence-corrected chi connectivity index (χ2v) is 5.61. The molecule has 0 amide bonds. The van der Waals surface area contributed by atoms with Gasteiger partial charge >= 0.3 is 0 Å². The molecule has 1 aliphatic heterocycles. The fourth-order valence-electron chi connectivity index (χ4n) is 2.57. The van der Waals surface area contributed by atoms with Gasteiger partial charge in [-0.2, -0.15) is 5.10 Å². The number of hydrogen-bond acceptors (Lipinski definition) is 3. The number of nitrogens with zero attached hydrogens (tertiary/aromatic N) is 3. The van der Waals surface area contributed by atoms with Crippen molar-refractivity contribution in [2.45, 2.75) is 33.2 Å². The first-order chi connectivity index (χ1) is 8.65. The Balaban J connectivity index is 1.63. The Bertz CT molecular complexity index is 364. The van der Waals surface area contributed by atoms with Crippen LogP contribution in [0.3, 0.4) is 0 Å². The van der Waals surface area contributed by atoms with E-state index in [4.69, 9.17) is 0 Å². The summed E-state index contributed by atoms with van der Waals surface area (Å²) in [6, 6.07) is 0. The van der Waals surface area contributed by atoms with E-state index in [1.165, 1.54) is 38.0 Å². The van der Waals surface area contributed by atoms with Gasteiger partial charge in [-0.3, -0.25) is 4.68 Å². The van der Waals surface area contributed by atoms with Crippen LogP contribution in [0.1, 0.15) is 31.0 Å². The highest BCUT2D eigenvalue weighted by Gasteiger charge is 2.14. The van der Waals surface area contributed by atoms with E-state index in [0.29, 0.717) is 0 Å². The Morgan fingerprint density at radius 3 is 2.72 bits per heavy atom. The fourth-order valence-corrected chi connectivity index (χ4v) is 2.57. The molecule has 2 rings (SSSR count). The molecule has 4 nitrogen and oxygen atoms in total. The molecule has 1 aromatic rings. The predicted octanol–water partition coefficient (Wildman–Crippen LogP) is 1.55. The summed E-state index contributed by atoms with van der Waals surface area (Å²) in [5.74, 6) is 0.923. The van der Waals surface area contributed by atoms with Gasteiger partial charge in [0, 0.05) is 38.4 Å². The summed E-state index contributed by atoms with van der Waals surface area (Å²) >= 11 is 0. The zero-order valence-corrected chi connectivity index (χ0v) is 11.9. The van der Waals surface area contributed by atoms with Crippen molar-refractivity contribution in [1.82, 2.24) is 20.0 Å². The van der Waals surface area contributed by atoms with Crippen molar-refractivity contribution in [2.24, 2.45) is 13.0 Å². The van der Waals surface area contributed by atoms with Crippen LogP contribution in [0, 0.1) is 12.8 Å². The molecule has 0 aromatic carbocycles. The van der Waals surface area contributed by atoms with Crippen molar-refractivity contribution in [3.05, 3.63) is 17.5 Å². The molecule has 0 radical (unpaired) electrons. The third-order valence-electron chi connectivity index (χ3n) is 3.91. The quantitative estimate of drug-likeness (QED) is 0.805. The minimum Gasteiger partial charge on any atom is -0.311 e. The summed E-state index contributed by atoms with van der Waals surface area (Å²) in [7, 11) is 1.98. The number of rotatable bonds is 5. The molecule has 18 heavy (non-hydrogen) atoms. The molecule has 1 fully saturated rings. The van der Waals surface area contributed by atoms with E-state index in [1.807, 2.05) is 11.7 Å². The van der Waals surface area contributed by atoms with Gasteiger partial charge in [-0.25, -0.2) is 0 Å². The van der Waals surface area contributed by atoms with E-state index in [1.54, 1.807) is 0 Å². The minimum atomic E-state index is 0.923. The molecule has 0 unspecified atom stereocenters. The van der Waals surface area contributed by atoms with Crippen molar-refractivity contribution in [3.63, 3.8) is 0 Å². The predicted molar refractivity (Wildman–Crippen MR) is 74.5 cm³/mol. The van der Waals surface area contributed by atoms with Crippen LogP contribution in [0.15, 0.2) is 6.20 Å². The van der Waals surface area contributed by atoms with Crippen LogP contribution in [0.5, 0.6) is 0 Å². The number of hydrogen-bond donors (Lipinski definition) is 1. The highest BCUT2D eigenvalue weighted by molar-refractivity contribution is 5.14. The lowest BCUT2D eigenvalue weighted by Crippen LogP contribution is -2.37. The molecule has 0 saturated carbocycles. The number of aromatic nitrogens is 2. The normalized spacial score (nSPS) is 18.4. The topological polar surface area (TPSA) is 33.1 Å². The first-order valence-corrected chi connectivity index (χ1v) is 7.07. The highest BCUT2D eigenvalue weighted by Crippen LogP contribution is 2.15. The van der Waals surface area contributed by atoms with Gasteiger partial charge < -0.3 is 10.2 Å². The molecule has 0 spiro atoms. The maximum atomic E-state index is 4.35. The minimum absolute atomic E-state index is 0.923. The smallest absolute Gasteiger partial charge is 0.0638 e. The number of likely N-dealkylation sites (tertiary alicyclic amines) is 1. The van der Waals surface area contributed by atoms with Crippen LogP contribution in [-0.2, 0) is 13.6 Å². The van der Waals surface area contributed by atoms with Crippen LogP contribution >= 0.6 is 0 Å². The second kappa shape index (κ2) is 6.34. The third-order valence-corrected chi connectivity index (χ3v) is 3.91. The molecule has 0 aliphatic carbocycles. The van der Waals surface area contributed by atoms with E-state index in [-0.39, 0.29) is 0 Å². The van der Waals surface area contributed by atoms with Gasteiger partial charge in [0.15, 0.2) is 0 Å². The average Bonchev–Trinajstić information content (AvgIpc) is 2.66. The molecule has 1 aromatic heterocycles. The van der Waals surface area contributed by atoms with E-state index < -0.39 is 0 Å². The molecule has 0 bridgehead atoms. The number of aryl methyl sites for hydroxylation is 2. The van der Waals surface area contributed by atoms with Gasteiger partial charge in [-0.05, 0) is 38.8 Å². The summed E-state index contributed by atoms with van der Waals surface area (Å²) in [4.78, 5) is 2.57. The summed E-state index contributed by atoms with van der Waals surface area (Å²) < 4.78 is 1.89. The molecule has 1 N–H and O–H groups in total. The van der Waals surface area contributed by atoms with Gasteiger partial charge in [0.25, 0.3) is 0 Å². The Kier molecular flexibility index (Phi) is 4.78. The zero-order chi connectivity index (χ0) is 13.0. The molecule has 1 saturated heterocycles. The number of nitrogens with one attached hydrogen (secondary N) is 1. The van der Waals surface area contributed by atoms with Crippen molar-refractivity contribution >= 4 is 0 Å². The summed E-state index contributed by atoms with van der Waals surface area (Å²) in [5, 5.41) is 7.87. The van der Waals surface area contributed by atoms with Gasteiger partial charge in [-0.1, -0.05) is 6.92 Å². The third kappa shape index (κ3) is 3.82. The summed E-state index contributed by atoms with van der Waals surface area (Å²) in [5.41, 5.74) is 2.45. The van der Waals surface area contributed by atoms with Crippen molar-refractivity contribution in [1.29, 1.82) is 0 Å². The molecule has 0 atom stereocenters. The SMILES string of the molecule is Cc1nn(C)cc1CNCCN1CCC(C)CC1. The number of piperidine rings is 1. The first-order valence-electron chi connectivity index (χ1n) is 7.07. The van der Waals surface area contributed by atoms with Crippen molar-refractivity contribution < 1.29 is 0 Å². The Hall–Kier alpha value is -0.870. The van der Waals surface area contributed by atoms with E-state index in [9.17, 15) is 0 Å². The van der Waals surface area contributed by atoms with E-state index in [0.717, 1.165) is 24.7 Å². The fraction of sp³-hybridized carbons (Fsp3) is 0.786. The van der Waals surface area contributed by atoms with Gasteiger partial charge in [-0.15, -0.1) is 0 Å². The molecular formula is C14H26N4. The Labute approximate surface area is 110 Å².